The van der Waals surface area contributed by atoms with Crippen LogP contribution in [0.3, 0.4) is 0 Å². The zero-order chi connectivity index (χ0) is 17.4. The van der Waals surface area contributed by atoms with Gasteiger partial charge < -0.3 is 10.2 Å². The van der Waals surface area contributed by atoms with Crippen LogP contribution in [0.1, 0.15) is 37.7 Å². The molecular formula is C18H26N2O3S. The van der Waals surface area contributed by atoms with Crippen LogP contribution >= 0.6 is 0 Å². The molecule has 132 valence electrons. The Morgan fingerprint density at radius 3 is 2.42 bits per heavy atom. The zero-order valence-electron chi connectivity index (χ0n) is 14.4. The molecule has 2 unspecified atom stereocenters. The van der Waals surface area contributed by atoms with Gasteiger partial charge >= 0.3 is 0 Å². The first-order valence-corrected chi connectivity index (χ1v) is 10.5. The molecule has 2 fully saturated rings. The molecule has 3 rings (SSSR count). The standard InChI is InChI=1S/C18H26N2O3S/c1-14-16(15-6-4-3-5-7-15)8-13-20(14)17(21)18(24(2,22)23)9-11-19-12-10-18/h3-7,14,16,19H,8-13H2,1-2H3. The van der Waals surface area contributed by atoms with E-state index in [2.05, 4.69) is 17.4 Å². The van der Waals surface area contributed by atoms with Crippen molar-refractivity contribution in [2.45, 2.75) is 42.9 Å². The van der Waals surface area contributed by atoms with Gasteiger partial charge in [0.05, 0.1) is 0 Å². The molecule has 5 nitrogen and oxygen atoms in total. The lowest BCUT2D eigenvalue weighted by Crippen LogP contribution is -2.59. The van der Waals surface area contributed by atoms with Gasteiger partial charge in [-0.25, -0.2) is 8.42 Å². The van der Waals surface area contributed by atoms with E-state index in [0.717, 1.165) is 6.42 Å². The molecule has 1 amide bonds. The fourth-order valence-corrected chi connectivity index (χ4v) is 5.59. The van der Waals surface area contributed by atoms with Crippen molar-refractivity contribution < 1.29 is 13.2 Å². The van der Waals surface area contributed by atoms with E-state index in [4.69, 9.17) is 0 Å². The minimum atomic E-state index is -3.46. The number of likely N-dealkylation sites (tertiary alicyclic amines) is 1. The van der Waals surface area contributed by atoms with E-state index in [-0.39, 0.29) is 17.9 Å². The second-order valence-electron chi connectivity index (χ2n) is 7.06. The molecule has 0 saturated carbocycles. The van der Waals surface area contributed by atoms with Crippen molar-refractivity contribution in [1.29, 1.82) is 0 Å². The first-order valence-electron chi connectivity index (χ1n) is 8.63. The van der Waals surface area contributed by atoms with E-state index in [0.29, 0.717) is 32.5 Å². The number of amides is 1. The molecule has 1 aromatic carbocycles. The second kappa shape index (κ2) is 6.48. The Hall–Kier alpha value is -1.40. The molecule has 0 aromatic heterocycles. The van der Waals surface area contributed by atoms with Crippen molar-refractivity contribution >= 4 is 15.7 Å². The summed E-state index contributed by atoms with van der Waals surface area (Å²) in [5.74, 6) is 0.0749. The number of carbonyl (C=O) groups is 1. The summed E-state index contributed by atoms with van der Waals surface area (Å²) in [6.07, 6.45) is 2.83. The van der Waals surface area contributed by atoms with Crippen LogP contribution in [0.4, 0.5) is 0 Å². The molecule has 2 saturated heterocycles. The maximum Gasteiger partial charge on any atom is 0.244 e. The number of sulfone groups is 1. The molecule has 2 aliphatic rings. The van der Waals surface area contributed by atoms with E-state index in [1.807, 2.05) is 30.0 Å². The second-order valence-corrected chi connectivity index (χ2v) is 9.39. The van der Waals surface area contributed by atoms with Crippen molar-refractivity contribution in [3.8, 4) is 0 Å². The van der Waals surface area contributed by atoms with E-state index < -0.39 is 14.6 Å². The molecular weight excluding hydrogens is 324 g/mol. The molecule has 2 heterocycles. The van der Waals surface area contributed by atoms with Crippen LogP contribution in [-0.2, 0) is 14.6 Å². The normalized spacial score (nSPS) is 27.2. The molecule has 0 spiro atoms. The highest BCUT2D eigenvalue weighted by Gasteiger charge is 2.52. The quantitative estimate of drug-likeness (QED) is 0.898. The number of carbonyl (C=O) groups excluding carboxylic acids is 1. The largest absolute Gasteiger partial charge is 0.338 e. The van der Waals surface area contributed by atoms with Crippen molar-refractivity contribution in [3.63, 3.8) is 0 Å². The molecule has 2 atom stereocenters. The van der Waals surface area contributed by atoms with Gasteiger partial charge in [0.15, 0.2) is 14.6 Å². The Bertz CT molecular complexity index is 696. The monoisotopic (exact) mass is 350 g/mol. The zero-order valence-corrected chi connectivity index (χ0v) is 15.2. The highest BCUT2D eigenvalue weighted by molar-refractivity contribution is 7.92. The van der Waals surface area contributed by atoms with Gasteiger partial charge in [-0.15, -0.1) is 0 Å². The van der Waals surface area contributed by atoms with Crippen molar-refractivity contribution in [1.82, 2.24) is 10.2 Å². The SMILES string of the molecule is CC1C(c2ccccc2)CCN1C(=O)C1(S(C)(=O)=O)CCNCC1. The number of rotatable bonds is 3. The maximum atomic E-state index is 13.3. The minimum Gasteiger partial charge on any atom is -0.338 e. The fourth-order valence-electron chi connectivity index (χ4n) is 4.21. The molecule has 1 aromatic rings. The third-order valence-corrected chi connectivity index (χ3v) is 7.76. The summed E-state index contributed by atoms with van der Waals surface area (Å²) in [7, 11) is -3.46. The number of hydrogen-bond acceptors (Lipinski definition) is 4. The third-order valence-electron chi connectivity index (χ3n) is 5.75. The molecule has 6 heteroatoms. The molecule has 24 heavy (non-hydrogen) atoms. The van der Waals surface area contributed by atoms with Crippen molar-refractivity contribution in [2.24, 2.45) is 0 Å². The van der Waals surface area contributed by atoms with Gasteiger partial charge in [0, 0.05) is 24.8 Å². The predicted octanol–water partition coefficient (Wildman–Crippen LogP) is 1.56. The van der Waals surface area contributed by atoms with Gasteiger partial charge in [-0.2, -0.15) is 0 Å². The Labute approximate surface area is 144 Å². The summed E-state index contributed by atoms with van der Waals surface area (Å²) in [4.78, 5) is 15.1. The van der Waals surface area contributed by atoms with Gasteiger partial charge in [0.2, 0.25) is 5.91 Å². The number of nitrogens with one attached hydrogen (secondary N) is 1. The van der Waals surface area contributed by atoms with Crippen LogP contribution in [0.2, 0.25) is 0 Å². The molecule has 1 N–H and O–H groups in total. The average molecular weight is 350 g/mol. The van der Waals surface area contributed by atoms with Crippen molar-refractivity contribution in [3.05, 3.63) is 35.9 Å². The summed E-state index contributed by atoms with van der Waals surface area (Å²) < 4.78 is 23.7. The smallest absolute Gasteiger partial charge is 0.244 e. The van der Waals surface area contributed by atoms with Gasteiger partial charge in [-0.3, -0.25) is 4.79 Å². The van der Waals surface area contributed by atoms with Crippen molar-refractivity contribution in [2.75, 3.05) is 25.9 Å². The van der Waals surface area contributed by atoms with Crippen LogP contribution in [0.25, 0.3) is 0 Å². The Kier molecular flexibility index (Phi) is 4.71. The van der Waals surface area contributed by atoms with Gasteiger partial charge in [-0.1, -0.05) is 30.3 Å². The van der Waals surface area contributed by atoms with Crippen LogP contribution in [0.5, 0.6) is 0 Å². The summed E-state index contributed by atoms with van der Waals surface area (Å²) in [6, 6.07) is 10.2. The van der Waals surface area contributed by atoms with E-state index >= 15 is 0 Å². The third kappa shape index (κ3) is 2.86. The minimum absolute atomic E-state index is 0.0217. The number of benzene rings is 1. The number of piperidine rings is 1. The average Bonchev–Trinajstić information content (AvgIpc) is 2.96. The Morgan fingerprint density at radius 1 is 1.21 bits per heavy atom. The highest BCUT2D eigenvalue weighted by Crippen LogP contribution is 2.38. The highest BCUT2D eigenvalue weighted by atomic mass is 32.2. The maximum absolute atomic E-state index is 13.3. The number of nitrogens with zero attached hydrogens (tertiary/aromatic N) is 1. The lowest BCUT2D eigenvalue weighted by atomic mass is 9.91. The molecule has 0 aliphatic carbocycles. The van der Waals surface area contributed by atoms with Crippen LogP contribution in [0.15, 0.2) is 30.3 Å². The van der Waals surface area contributed by atoms with E-state index in [9.17, 15) is 13.2 Å². The van der Waals surface area contributed by atoms with Crippen LogP contribution < -0.4 is 5.32 Å². The molecule has 2 aliphatic heterocycles. The first-order chi connectivity index (χ1) is 11.4. The lowest BCUT2D eigenvalue weighted by Gasteiger charge is -2.39. The van der Waals surface area contributed by atoms with Gasteiger partial charge in [0.1, 0.15) is 0 Å². The van der Waals surface area contributed by atoms with Crippen LogP contribution in [0, 0.1) is 0 Å². The Morgan fingerprint density at radius 2 is 1.83 bits per heavy atom. The lowest BCUT2D eigenvalue weighted by molar-refractivity contribution is -0.135. The van der Waals surface area contributed by atoms with E-state index in [1.54, 1.807) is 0 Å². The summed E-state index contributed by atoms with van der Waals surface area (Å²) in [5.41, 5.74) is 1.22. The van der Waals surface area contributed by atoms with Gasteiger partial charge in [-0.05, 0) is 44.8 Å². The molecule has 0 radical (unpaired) electrons. The summed E-state index contributed by atoms with van der Waals surface area (Å²) >= 11 is 0. The number of hydrogen-bond donors (Lipinski definition) is 1. The van der Waals surface area contributed by atoms with Crippen LogP contribution in [-0.4, -0.2) is 55.9 Å². The fraction of sp³-hybridized carbons (Fsp3) is 0.611. The first kappa shape index (κ1) is 17.4. The summed E-state index contributed by atoms with van der Waals surface area (Å²) in [5, 5.41) is 3.17. The predicted molar refractivity (Wildman–Crippen MR) is 94.7 cm³/mol. The summed E-state index contributed by atoms with van der Waals surface area (Å²) in [6.45, 7) is 3.82. The molecule has 0 bridgehead atoms. The van der Waals surface area contributed by atoms with Gasteiger partial charge in [0.25, 0.3) is 0 Å². The Balaban J connectivity index is 1.87. The van der Waals surface area contributed by atoms with E-state index in [1.165, 1.54) is 11.8 Å². The topological polar surface area (TPSA) is 66.5 Å².